The Bertz CT molecular complexity index is 1410. The number of ether oxygens (including phenoxy) is 1. The molecule has 4 nitrogen and oxygen atoms in total. The summed E-state index contributed by atoms with van der Waals surface area (Å²) >= 11 is 1.42. The maximum Gasteiger partial charge on any atom is 0.266 e. The zero-order valence-corrected chi connectivity index (χ0v) is 21.1. The van der Waals surface area contributed by atoms with E-state index in [0.29, 0.717) is 23.2 Å². The average molecular weight is 493 g/mol. The van der Waals surface area contributed by atoms with E-state index in [9.17, 15) is 4.79 Å². The Hall–Kier alpha value is -3.83. The quantitative estimate of drug-likeness (QED) is 0.240. The number of hydrogen-bond donors (Lipinski definition) is 0. The van der Waals surface area contributed by atoms with Crippen molar-refractivity contribution in [1.82, 2.24) is 4.90 Å². The van der Waals surface area contributed by atoms with Crippen LogP contribution in [0.1, 0.15) is 24.5 Å². The van der Waals surface area contributed by atoms with Crippen LogP contribution in [-0.4, -0.2) is 29.1 Å². The van der Waals surface area contributed by atoms with Crippen LogP contribution in [0.15, 0.2) is 107 Å². The summed E-state index contributed by atoms with van der Waals surface area (Å²) in [4.78, 5) is 21.0. The lowest BCUT2D eigenvalue weighted by Gasteiger charge is -2.15. The molecule has 0 saturated carbocycles. The number of nitrogens with zero attached hydrogens (tertiary/aromatic N) is 2. The zero-order valence-electron chi connectivity index (χ0n) is 20.3. The third-order valence-electron chi connectivity index (χ3n) is 6.00. The van der Waals surface area contributed by atoms with Gasteiger partial charge in [0.2, 0.25) is 0 Å². The van der Waals surface area contributed by atoms with Crippen LogP contribution in [0.4, 0.5) is 5.69 Å². The normalized spacial score (nSPS) is 15.8. The number of carbonyl (C=O) groups is 1. The second-order valence-electron chi connectivity index (χ2n) is 8.58. The van der Waals surface area contributed by atoms with Gasteiger partial charge in [0.1, 0.15) is 5.75 Å². The summed E-state index contributed by atoms with van der Waals surface area (Å²) in [6, 6.07) is 32.3. The van der Waals surface area contributed by atoms with Gasteiger partial charge in [0.15, 0.2) is 5.17 Å². The van der Waals surface area contributed by atoms with Gasteiger partial charge in [-0.05, 0) is 65.2 Å². The number of fused-ring (bicyclic) bond motifs is 1. The van der Waals surface area contributed by atoms with Crippen molar-refractivity contribution in [3.8, 4) is 5.75 Å². The van der Waals surface area contributed by atoms with E-state index in [2.05, 4.69) is 37.3 Å². The first-order valence-electron chi connectivity index (χ1n) is 12.3. The van der Waals surface area contributed by atoms with Crippen molar-refractivity contribution < 1.29 is 9.53 Å². The molecular formula is C31H28N2O2S. The summed E-state index contributed by atoms with van der Waals surface area (Å²) in [5.74, 6) is 0.765. The number of aliphatic imine (C=N–C) groups is 1. The van der Waals surface area contributed by atoms with Crippen molar-refractivity contribution in [2.24, 2.45) is 4.99 Å². The van der Waals surface area contributed by atoms with Gasteiger partial charge in [-0.2, -0.15) is 0 Å². The van der Waals surface area contributed by atoms with E-state index >= 15 is 0 Å². The van der Waals surface area contributed by atoms with Gasteiger partial charge in [-0.3, -0.25) is 9.69 Å². The second kappa shape index (κ2) is 11.3. The summed E-state index contributed by atoms with van der Waals surface area (Å²) < 4.78 is 6.09. The molecule has 0 spiro atoms. The van der Waals surface area contributed by atoms with E-state index in [4.69, 9.17) is 9.73 Å². The Kier molecular flexibility index (Phi) is 7.48. The number of carbonyl (C=O) groups excluding carboxylic acids is 1. The van der Waals surface area contributed by atoms with E-state index in [1.54, 1.807) is 4.90 Å². The molecule has 0 aliphatic carbocycles. The molecule has 1 amide bonds. The third kappa shape index (κ3) is 5.37. The maximum atomic E-state index is 13.7. The highest BCUT2D eigenvalue weighted by atomic mass is 32.2. The number of amides is 1. The molecule has 36 heavy (non-hydrogen) atoms. The number of para-hydroxylation sites is 1. The molecule has 4 aromatic carbocycles. The molecule has 0 bridgehead atoms. The van der Waals surface area contributed by atoms with Crippen molar-refractivity contribution in [2.75, 3.05) is 13.2 Å². The standard InChI is InChI=1S/C31H28N2O2S/c1-2-21-35-28-18-17-24-13-9-10-16-26(24)27(28)22-29-30(34)33(20-19-23-11-5-3-6-12-23)31(36-29)32-25-14-7-4-8-15-25/h3-18,22H,2,19-21H2,1H3/b29-22+,32-31?. The minimum atomic E-state index is -0.0278. The first-order chi connectivity index (χ1) is 17.7. The molecule has 180 valence electrons. The molecule has 0 N–H and O–H groups in total. The first-order valence-corrected chi connectivity index (χ1v) is 13.1. The van der Waals surface area contributed by atoms with E-state index in [1.165, 1.54) is 17.3 Å². The summed E-state index contributed by atoms with van der Waals surface area (Å²) in [5.41, 5.74) is 2.95. The average Bonchev–Trinajstić information content (AvgIpc) is 3.21. The number of thioether (sulfide) groups is 1. The Morgan fingerprint density at radius 1 is 0.889 bits per heavy atom. The largest absolute Gasteiger partial charge is 0.493 e. The highest BCUT2D eigenvalue weighted by Gasteiger charge is 2.33. The third-order valence-corrected chi connectivity index (χ3v) is 7.01. The fourth-order valence-electron chi connectivity index (χ4n) is 4.18. The summed E-state index contributed by atoms with van der Waals surface area (Å²) in [6.07, 6.45) is 3.65. The summed E-state index contributed by atoms with van der Waals surface area (Å²) in [7, 11) is 0. The van der Waals surface area contributed by atoms with Gasteiger partial charge in [0.05, 0.1) is 17.2 Å². The molecule has 5 rings (SSSR count). The fourth-order valence-corrected chi connectivity index (χ4v) is 5.19. The van der Waals surface area contributed by atoms with Crippen LogP contribution >= 0.6 is 11.8 Å². The monoisotopic (exact) mass is 492 g/mol. The SMILES string of the molecule is CCCOc1ccc2ccccc2c1/C=C1/SC(=Nc2ccccc2)N(CCc2ccccc2)C1=O. The predicted molar refractivity (Wildman–Crippen MR) is 151 cm³/mol. The van der Waals surface area contributed by atoms with Crippen LogP contribution < -0.4 is 4.74 Å². The maximum absolute atomic E-state index is 13.7. The van der Waals surface area contributed by atoms with E-state index in [0.717, 1.165) is 40.6 Å². The first kappa shape index (κ1) is 23.9. The second-order valence-corrected chi connectivity index (χ2v) is 9.59. The summed E-state index contributed by atoms with van der Waals surface area (Å²) in [5, 5.41) is 2.88. The van der Waals surface area contributed by atoms with Gasteiger partial charge in [0.25, 0.3) is 5.91 Å². The molecule has 0 unspecified atom stereocenters. The topological polar surface area (TPSA) is 41.9 Å². The molecule has 1 fully saturated rings. The lowest BCUT2D eigenvalue weighted by molar-refractivity contribution is -0.122. The van der Waals surface area contributed by atoms with Gasteiger partial charge >= 0.3 is 0 Å². The smallest absolute Gasteiger partial charge is 0.266 e. The van der Waals surface area contributed by atoms with E-state index < -0.39 is 0 Å². The van der Waals surface area contributed by atoms with Crippen LogP contribution in [0.5, 0.6) is 5.75 Å². The lowest BCUT2D eigenvalue weighted by Crippen LogP contribution is -2.31. The molecular weight excluding hydrogens is 464 g/mol. The van der Waals surface area contributed by atoms with Gasteiger partial charge < -0.3 is 4.74 Å². The fraction of sp³-hybridized carbons (Fsp3) is 0.161. The molecule has 1 aliphatic rings. The molecule has 1 aliphatic heterocycles. The predicted octanol–water partition coefficient (Wildman–Crippen LogP) is 7.48. The molecule has 5 heteroatoms. The Labute approximate surface area is 216 Å². The van der Waals surface area contributed by atoms with Crippen LogP contribution in [-0.2, 0) is 11.2 Å². The Morgan fingerprint density at radius 3 is 2.39 bits per heavy atom. The van der Waals surface area contributed by atoms with Crippen LogP contribution in [0, 0.1) is 0 Å². The number of benzene rings is 4. The minimum Gasteiger partial charge on any atom is -0.493 e. The van der Waals surface area contributed by atoms with Crippen molar-refractivity contribution in [2.45, 2.75) is 19.8 Å². The minimum absolute atomic E-state index is 0.0278. The molecule has 0 atom stereocenters. The lowest BCUT2D eigenvalue weighted by atomic mass is 10.0. The number of hydrogen-bond acceptors (Lipinski definition) is 4. The van der Waals surface area contributed by atoms with Gasteiger partial charge in [-0.15, -0.1) is 0 Å². The van der Waals surface area contributed by atoms with Gasteiger partial charge in [-0.25, -0.2) is 4.99 Å². The summed E-state index contributed by atoms with van der Waals surface area (Å²) in [6.45, 7) is 3.28. The van der Waals surface area contributed by atoms with Crippen molar-refractivity contribution >= 4 is 45.4 Å². The molecule has 1 saturated heterocycles. The molecule has 0 aromatic heterocycles. The molecule has 0 radical (unpaired) electrons. The number of rotatable bonds is 8. The Balaban J connectivity index is 1.54. The van der Waals surface area contributed by atoms with E-state index in [1.807, 2.05) is 72.8 Å². The highest BCUT2D eigenvalue weighted by Crippen LogP contribution is 2.38. The number of amidine groups is 1. The molecule has 1 heterocycles. The Morgan fingerprint density at radius 2 is 1.61 bits per heavy atom. The highest BCUT2D eigenvalue weighted by molar-refractivity contribution is 8.18. The van der Waals surface area contributed by atoms with E-state index in [-0.39, 0.29) is 5.91 Å². The van der Waals surface area contributed by atoms with Crippen molar-refractivity contribution in [3.63, 3.8) is 0 Å². The van der Waals surface area contributed by atoms with Crippen molar-refractivity contribution in [3.05, 3.63) is 113 Å². The van der Waals surface area contributed by atoms with Gasteiger partial charge in [-0.1, -0.05) is 85.8 Å². The van der Waals surface area contributed by atoms with Crippen LogP contribution in [0.3, 0.4) is 0 Å². The zero-order chi connectivity index (χ0) is 24.7. The van der Waals surface area contributed by atoms with Crippen LogP contribution in [0.2, 0.25) is 0 Å². The molecule has 4 aromatic rings. The van der Waals surface area contributed by atoms with Gasteiger partial charge in [0, 0.05) is 12.1 Å². The van der Waals surface area contributed by atoms with Crippen molar-refractivity contribution in [1.29, 1.82) is 0 Å². The van der Waals surface area contributed by atoms with Crippen LogP contribution in [0.25, 0.3) is 16.8 Å².